The summed E-state index contributed by atoms with van der Waals surface area (Å²) in [6, 6.07) is 7.42. The Morgan fingerprint density at radius 3 is 2.76 bits per heavy atom. The fourth-order valence-corrected chi connectivity index (χ4v) is 2.89. The van der Waals surface area contributed by atoms with Gasteiger partial charge in [-0.3, -0.25) is 0 Å². The van der Waals surface area contributed by atoms with Gasteiger partial charge in [0.05, 0.1) is 10.7 Å². The van der Waals surface area contributed by atoms with E-state index in [1.165, 1.54) is 11.6 Å². The molecule has 114 valence electrons. The minimum Gasteiger partial charge on any atom is -0.469 e. The van der Waals surface area contributed by atoms with Crippen LogP contribution < -0.4 is 5.32 Å². The highest BCUT2D eigenvalue weighted by Gasteiger charge is 2.17. The number of hydrogen-bond donors (Lipinski definition) is 1. The predicted octanol–water partition coefficient (Wildman–Crippen LogP) is 5.03. The molecule has 0 bridgehead atoms. The molecule has 0 aliphatic rings. The second kappa shape index (κ2) is 7.76. The molecule has 1 unspecified atom stereocenters. The molecule has 1 aromatic carbocycles. The van der Waals surface area contributed by atoms with Gasteiger partial charge in [0.1, 0.15) is 11.6 Å². The van der Waals surface area contributed by atoms with Crippen molar-refractivity contribution in [2.24, 2.45) is 0 Å². The fraction of sp³-hybridized carbons (Fsp3) is 0.412. The van der Waals surface area contributed by atoms with Crippen molar-refractivity contribution in [2.45, 2.75) is 39.2 Å². The zero-order valence-electron chi connectivity index (χ0n) is 12.5. The fourth-order valence-electron chi connectivity index (χ4n) is 2.46. The van der Waals surface area contributed by atoms with Crippen molar-refractivity contribution in [3.05, 3.63) is 57.7 Å². The first-order valence-electron chi connectivity index (χ1n) is 7.39. The quantitative estimate of drug-likeness (QED) is 0.755. The molecule has 0 saturated heterocycles. The van der Waals surface area contributed by atoms with Crippen LogP contribution in [-0.4, -0.2) is 6.54 Å². The molecule has 0 fully saturated rings. The Morgan fingerprint density at radius 1 is 1.29 bits per heavy atom. The van der Waals surface area contributed by atoms with Gasteiger partial charge < -0.3 is 9.73 Å². The number of rotatable bonds is 7. The molecule has 1 aromatic heterocycles. The van der Waals surface area contributed by atoms with Crippen molar-refractivity contribution in [1.82, 2.24) is 5.32 Å². The van der Waals surface area contributed by atoms with E-state index in [2.05, 4.69) is 35.1 Å². The van der Waals surface area contributed by atoms with E-state index in [1.54, 1.807) is 6.26 Å². The maximum Gasteiger partial charge on any atom is 0.137 e. The van der Waals surface area contributed by atoms with Crippen molar-refractivity contribution in [3.63, 3.8) is 0 Å². The van der Waals surface area contributed by atoms with Crippen LogP contribution in [0.2, 0.25) is 0 Å². The minimum absolute atomic E-state index is 0.191. The summed E-state index contributed by atoms with van der Waals surface area (Å²) in [5, 5.41) is 3.56. The second-order valence-corrected chi connectivity index (χ2v) is 5.97. The molecule has 0 radical (unpaired) electrons. The average Bonchev–Trinajstić information content (AvgIpc) is 2.95. The van der Waals surface area contributed by atoms with Gasteiger partial charge in [0, 0.05) is 18.0 Å². The maximum atomic E-state index is 13.4. The van der Waals surface area contributed by atoms with E-state index >= 15 is 0 Å². The van der Waals surface area contributed by atoms with Gasteiger partial charge in [0.25, 0.3) is 0 Å². The summed E-state index contributed by atoms with van der Waals surface area (Å²) in [6.45, 7) is 5.18. The van der Waals surface area contributed by atoms with Gasteiger partial charge in [-0.15, -0.1) is 0 Å². The monoisotopic (exact) mass is 353 g/mol. The van der Waals surface area contributed by atoms with E-state index in [0.29, 0.717) is 4.47 Å². The number of benzene rings is 1. The second-order valence-electron chi connectivity index (χ2n) is 5.11. The molecule has 0 saturated carbocycles. The molecular formula is C17H21BrFNO. The molecule has 0 amide bonds. The van der Waals surface area contributed by atoms with E-state index in [9.17, 15) is 4.39 Å². The third-order valence-electron chi connectivity index (χ3n) is 3.54. The van der Waals surface area contributed by atoms with Crippen LogP contribution in [0.3, 0.4) is 0 Å². The van der Waals surface area contributed by atoms with Crippen molar-refractivity contribution in [1.29, 1.82) is 0 Å². The lowest BCUT2D eigenvalue weighted by Crippen LogP contribution is -2.24. The molecular weight excluding hydrogens is 333 g/mol. The molecule has 1 heterocycles. The molecule has 1 N–H and O–H groups in total. The molecule has 2 rings (SSSR count). The zero-order valence-corrected chi connectivity index (χ0v) is 14.0. The van der Waals surface area contributed by atoms with Crippen molar-refractivity contribution in [3.8, 4) is 0 Å². The topological polar surface area (TPSA) is 25.2 Å². The molecule has 0 spiro atoms. The smallest absolute Gasteiger partial charge is 0.137 e. The summed E-state index contributed by atoms with van der Waals surface area (Å²) in [5.41, 5.74) is 2.30. The molecule has 21 heavy (non-hydrogen) atoms. The standard InChI is InChI=1S/C17H21BrFNO/c1-3-8-20-16(13-7-9-21-17(13)4-2)11-12-5-6-15(19)14(18)10-12/h5-7,9-10,16,20H,3-4,8,11H2,1-2H3. The van der Waals surface area contributed by atoms with Gasteiger partial charge in [-0.25, -0.2) is 4.39 Å². The first kappa shape index (κ1) is 16.2. The highest BCUT2D eigenvalue weighted by molar-refractivity contribution is 9.10. The zero-order chi connectivity index (χ0) is 15.2. The Balaban J connectivity index is 2.21. The van der Waals surface area contributed by atoms with E-state index in [0.717, 1.165) is 37.1 Å². The van der Waals surface area contributed by atoms with Crippen LogP contribution in [0.4, 0.5) is 4.39 Å². The lowest BCUT2D eigenvalue weighted by atomic mass is 9.98. The SMILES string of the molecule is CCCNC(Cc1ccc(F)c(Br)c1)c1ccoc1CC. The number of halogens is 2. The lowest BCUT2D eigenvalue weighted by molar-refractivity contribution is 0.481. The maximum absolute atomic E-state index is 13.4. The average molecular weight is 354 g/mol. The molecule has 1 atom stereocenters. The largest absolute Gasteiger partial charge is 0.469 e. The Labute approximate surface area is 133 Å². The first-order chi connectivity index (χ1) is 10.2. The Morgan fingerprint density at radius 2 is 2.10 bits per heavy atom. The van der Waals surface area contributed by atoms with Crippen LogP contribution in [0.25, 0.3) is 0 Å². The highest BCUT2D eigenvalue weighted by atomic mass is 79.9. The van der Waals surface area contributed by atoms with Crippen LogP contribution in [0.5, 0.6) is 0 Å². The normalized spacial score (nSPS) is 12.6. The number of furan rings is 1. The van der Waals surface area contributed by atoms with E-state index in [4.69, 9.17) is 4.42 Å². The van der Waals surface area contributed by atoms with Gasteiger partial charge in [-0.2, -0.15) is 0 Å². The molecule has 0 aliphatic carbocycles. The van der Waals surface area contributed by atoms with Crippen molar-refractivity contribution >= 4 is 15.9 Å². The highest BCUT2D eigenvalue weighted by Crippen LogP contribution is 2.26. The van der Waals surface area contributed by atoms with E-state index in [-0.39, 0.29) is 11.9 Å². The number of aryl methyl sites for hydroxylation is 1. The molecule has 0 aliphatic heterocycles. The number of hydrogen-bond acceptors (Lipinski definition) is 2. The van der Waals surface area contributed by atoms with Crippen LogP contribution in [-0.2, 0) is 12.8 Å². The van der Waals surface area contributed by atoms with Crippen LogP contribution in [0, 0.1) is 5.82 Å². The third kappa shape index (κ3) is 4.17. The van der Waals surface area contributed by atoms with Crippen molar-refractivity contribution < 1.29 is 8.81 Å². The summed E-state index contributed by atoms with van der Waals surface area (Å²) >= 11 is 3.25. The van der Waals surface area contributed by atoms with Gasteiger partial charge >= 0.3 is 0 Å². The number of nitrogens with one attached hydrogen (secondary N) is 1. The van der Waals surface area contributed by atoms with Gasteiger partial charge in [-0.05, 0) is 59.1 Å². The van der Waals surface area contributed by atoms with Crippen LogP contribution >= 0.6 is 15.9 Å². The van der Waals surface area contributed by atoms with Crippen molar-refractivity contribution in [2.75, 3.05) is 6.54 Å². The first-order valence-corrected chi connectivity index (χ1v) is 8.18. The molecule has 4 heteroatoms. The molecule has 2 nitrogen and oxygen atoms in total. The Bertz CT molecular complexity index is 582. The summed E-state index contributed by atoms with van der Waals surface area (Å²) in [5.74, 6) is 0.791. The molecule has 2 aromatic rings. The predicted molar refractivity (Wildman–Crippen MR) is 86.9 cm³/mol. The summed E-state index contributed by atoms with van der Waals surface area (Å²) in [4.78, 5) is 0. The van der Waals surface area contributed by atoms with Crippen LogP contribution in [0.1, 0.15) is 43.2 Å². The Hall–Kier alpha value is -1.13. The van der Waals surface area contributed by atoms with E-state index < -0.39 is 0 Å². The summed E-state index contributed by atoms with van der Waals surface area (Å²) in [7, 11) is 0. The minimum atomic E-state index is -0.227. The van der Waals surface area contributed by atoms with Gasteiger partial charge in [0.2, 0.25) is 0 Å². The van der Waals surface area contributed by atoms with Gasteiger partial charge in [0.15, 0.2) is 0 Å². The lowest BCUT2D eigenvalue weighted by Gasteiger charge is -2.19. The summed E-state index contributed by atoms with van der Waals surface area (Å²) in [6.07, 6.45) is 4.50. The van der Waals surface area contributed by atoms with Crippen LogP contribution in [0.15, 0.2) is 39.4 Å². The van der Waals surface area contributed by atoms with E-state index in [1.807, 2.05) is 18.2 Å². The third-order valence-corrected chi connectivity index (χ3v) is 4.15. The summed E-state index contributed by atoms with van der Waals surface area (Å²) < 4.78 is 19.4. The Kier molecular flexibility index (Phi) is 6.00. The van der Waals surface area contributed by atoms with Gasteiger partial charge in [-0.1, -0.05) is 19.9 Å².